The Balaban J connectivity index is 1.14. The van der Waals surface area contributed by atoms with Gasteiger partial charge in [-0.15, -0.1) is 0 Å². The lowest BCUT2D eigenvalue weighted by molar-refractivity contribution is 0.620. The third kappa shape index (κ3) is 4.57. The summed E-state index contributed by atoms with van der Waals surface area (Å²) in [5.41, 5.74) is 9.62. The predicted octanol–water partition coefficient (Wildman–Crippen LogP) is 12.8. The van der Waals surface area contributed by atoms with Gasteiger partial charge in [-0.2, -0.15) is 0 Å². The molecule has 0 N–H and O–H groups in total. The number of para-hydroxylation sites is 1. The number of oxazole rings is 1. The quantitative estimate of drug-likeness (QED) is 0.190. The summed E-state index contributed by atoms with van der Waals surface area (Å²) in [5, 5.41) is 6.66. The zero-order chi connectivity index (χ0) is 32.3. The van der Waals surface area contributed by atoms with E-state index in [4.69, 9.17) is 13.8 Å². The first-order chi connectivity index (χ1) is 24.3. The molecular weight excluding hydrogens is 601 g/mol. The van der Waals surface area contributed by atoms with Crippen LogP contribution in [0.3, 0.4) is 0 Å². The smallest absolute Gasteiger partial charge is 0.228 e. The van der Waals surface area contributed by atoms with Crippen LogP contribution < -0.4 is 4.90 Å². The van der Waals surface area contributed by atoms with Crippen LogP contribution in [0.2, 0.25) is 0 Å². The van der Waals surface area contributed by atoms with E-state index in [0.717, 1.165) is 72.0 Å². The number of furan rings is 1. The van der Waals surface area contributed by atoms with E-state index in [-0.39, 0.29) is 0 Å². The van der Waals surface area contributed by atoms with Crippen LogP contribution in [0, 0.1) is 0 Å². The molecule has 4 nitrogen and oxygen atoms in total. The van der Waals surface area contributed by atoms with Crippen LogP contribution >= 0.6 is 0 Å². The second-order valence-electron chi connectivity index (χ2n) is 12.4. The average Bonchev–Trinajstić information content (AvgIpc) is 3.77. The summed E-state index contributed by atoms with van der Waals surface area (Å²) in [4.78, 5) is 7.34. The number of rotatable bonds is 5. The summed E-state index contributed by atoms with van der Waals surface area (Å²) in [5.74, 6) is 0.577. The highest BCUT2D eigenvalue weighted by molar-refractivity contribution is 6.13. The van der Waals surface area contributed by atoms with Gasteiger partial charge in [0, 0.05) is 38.8 Å². The molecule has 0 atom stereocenters. The van der Waals surface area contributed by atoms with Gasteiger partial charge in [0.25, 0.3) is 0 Å². The molecule has 8 aromatic carbocycles. The Morgan fingerprint density at radius 1 is 0.408 bits per heavy atom. The molecule has 10 aromatic rings. The fourth-order valence-corrected chi connectivity index (χ4v) is 7.13. The molecule has 0 fully saturated rings. The van der Waals surface area contributed by atoms with Crippen molar-refractivity contribution in [2.24, 2.45) is 0 Å². The summed E-state index contributed by atoms with van der Waals surface area (Å²) in [6.45, 7) is 0. The molecule has 49 heavy (non-hydrogen) atoms. The van der Waals surface area contributed by atoms with Gasteiger partial charge in [-0.05, 0) is 94.0 Å². The molecule has 0 unspecified atom stereocenters. The van der Waals surface area contributed by atoms with E-state index >= 15 is 0 Å². The lowest BCUT2D eigenvalue weighted by Crippen LogP contribution is -2.09. The van der Waals surface area contributed by atoms with Crippen molar-refractivity contribution in [1.82, 2.24) is 4.98 Å². The zero-order valence-corrected chi connectivity index (χ0v) is 26.4. The van der Waals surface area contributed by atoms with Gasteiger partial charge in [0.05, 0.1) is 0 Å². The van der Waals surface area contributed by atoms with Crippen LogP contribution in [0.4, 0.5) is 17.1 Å². The summed E-state index contributed by atoms with van der Waals surface area (Å²) < 4.78 is 12.9. The Morgan fingerprint density at radius 3 is 2.04 bits per heavy atom. The maximum atomic E-state index is 6.43. The van der Waals surface area contributed by atoms with Gasteiger partial charge < -0.3 is 13.7 Å². The van der Waals surface area contributed by atoms with E-state index in [1.165, 1.54) is 16.3 Å². The molecule has 0 spiro atoms. The van der Waals surface area contributed by atoms with Crippen molar-refractivity contribution in [3.05, 3.63) is 170 Å². The molecule has 0 aliphatic rings. The van der Waals surface area contributed by atoms with Crippen molar-refractivity contribution >= 4 is 71.6 Å². The average molecular weight is 629 g/mol. The molecule has 230 valence electrons. The van der Waals surface area contributed by atoms with E-state index in [9.17, 15) is 0 Å². The second-order valence-corrected chi connectivity index (χ2v) is 12.4. The highest BCUT2D eigenvalue weighted by Gasteiger charge is 2.20. The molecule has 0 aliphatic heterocycles. The highest BCUT2D eigenvalue weighted by Crippen LogP contribution is 2.43. The van der Waals surface area contributed by atoms with Crippen LogP contribution in [-0.4, -0.2) is 4.98 Å². The Hall–Kier alpha value is -6.65. The Morgan fingerprint density at radius 2 is 1.12 bits per heavy atom. The van der Waals surface area contributed by atoms with Crippen molar-refractivity contribution in [3.8, 4) is 22.6 Å². The molecule has 0 radical (unpaired) electrons. The number of anilines is 3. The van der Waals surface area contributed by atoms with E-state index in [2.05, 4.69) is 144 Å². The molecule has 4 heteroatoms. The Labute approximate surface area is 282 Å². The first-order valence-corrected chi connectivity index (χ1v) is 16.5. The largest absolute Gasteiger partial charge is 0.456 e. The monoisotopic (exact) mass is 628 g/mol. The maximum Gasteiger partial charge on any atom is 0.228 e. The van der Waals surface area contributed by atoms with Gasteiger partial charge in [0.2, 0.25) is 5.89 Å². The van der Waals surface area contributed by atoms with Crippen molar-refractivity contribution in [1.29, 1.82) is 0 Å². The molecule has 10 rings (SSSR count). The molecular formula is C45H28N2O2. The fourth-order valence-electron chi connectivity index (χ4n) is 7.13. The minimum atomic E-state index is 0.577. The normalized spacial score (nSPS) is 11.7. The number of fused-ring (bicyclic) bond motifs is 7. The van der Waals surface area contributed by atoms with Crippen molar-refractivity contribution in [2.75, 3.05) is 4.90 Å². The number of aromatic nitrogens is 1. The summed E-state index contributed by atoms with van der Waals surface area (Å²) in [6.07, 6.45) is 0. The maximum absolute atomic E-state index is 6.43. The third-order valence-electron chi connectivity index (χ3n) is 9.45. The minimum absolute atomic E-state index is 0.577. The first kappa shape index (κ1) is 27.5. The number of hydrogen-bond donors (Lipinski definition) is 0. The van der Waals surface area contributed by atoms with Crippen LogP contribution in [0.1, 0.15) is 0 Å². The van der Waals surface area contributed by atoms with E-state index in [1.54, 1.807) is 0 Å². The van der Waals surface area contributed by atoms with Crippen LogP contribution in [0.5, 0.6) is 0 Å². The SMILES string of the molecule is c1ccc(N(c2cccc(-c3ccc4ccccc4c3)c2)c2ccc3oc4cccc(-c5nc6c(ccc7ccccc76)o5)c4c3c2)cc1. The highest BCUT2D eigenvalue weighted by atomic mass is 16.3. The molecule has 0 bridgehead atoms. The Kier molecular flexibility index (Phi) is 6.15. The van der Waals surface area contributed by atoms with E-state index in [0.29, 0.717) is 5.89 Å². The topological polar surface area (TPSA) is 42.4 Å². The van der Waals surface area contributed by atoms with Crippen molar-refractivity contribution in [2.45, 2.75) is 0 Å². The van der Waals surface area contributed by atoms with Gasteiger partial charge in [-0.3, -0.25) is 0 Å². The molecule has 0 amide bonds. The summed E-state index contributed by atoms with van der Waals surface area (Å²) in [6, 6.07) is 59.3. The van der Waals surface area contributed by atoms with Crippen molar-refractivity contribution in [3.63, 3.8) is 0 Å². The van der Waals surface area contributed by atoms with Crippen LogP contribution in [0.25, 0.3) is 77.2 Å². The zero-order valence-electron chi connectivity index (χ0n) is 26.4. The van der Waals surface area contributed by atoms with Crippen molar-refractivity contribution < 1.29 is 8.83 Å². The second kappa shape index (κ2) is 11.0. The first-order valence-electron chi connectivity index (χ1n) is 16.5. The van der Waals surface area contributed by atoms with Gasteiger partial charge in [0.1, 0.15) is 16.7 Å². The molecule has 0 saturated heterocycles. The van der Waals surface area contributed by atoms with Gasteiger partial charge >= 0.3 is 0 Å². The lowest BCUT2D eigenvalue weighted by Gasteiger charge is -2.26. The number of hydrogen-bond acceptors (Lipinski definition) is 4. The summed E-state index contributed by atoms with van der Waals surface area (Å²) in [7, 11) is 0. The molecule has 2 heterocycles. The van der Waals surface area contributed by atoms with Gasteiger partial charge in [-0.25, -0.2) is 4.98 Å². The van der Waals surface area contributed by atoms with E-state index in [1.807, 2.05) is 30.3 Å². The van der Waals surface area contributed by atoms with Gasteiger partial charge in [-0.1, -0.05) is 103 Å². The molecule has 0 aliphatic carbocycles. The summed E-state index contributed by atoms with van der Waals surface area (Å²) >= 11 is 0. The van der Waals surface area contributed by atoms with Crippen LogP contribution in [-0.2, 0) is 0 Å². The van der Waals surface area contributed by atoms with Crippen LogP contribution in [0.15, 0.2) is 179 Å². The minimum Gasteiger partial charge on any atom is -0.456 e. The third-order valence-corrected chi connectivity index (χ3v) is 9.45. The lowest BCUT2D eigenvalue weighted by atomic mass is 10.0. The Bertz CT molecular complexity index is 2850. The standard InChI is InChI=1S/C45H28N2O2/c1-2-14-34(15-3-1)47(35-16-8-13-32(27-35)33-21-20-29-10-4-5-12-31(29)26-33)36-23-25-40-39(28-36)43-38(18-9-19-41(43)48-40)45-46-44-37-17-7-6-11-30(37)22-24-42(44)49-45/h1-28H. The number of nitrogens with zero attached hydrogens (tertiary/aromatic N) is 2. The molecule has 0 saturated carbocycles. The molecule has 2 aromatic heterocycles. The van der Waals surface area contributed by atoms with E-state index < -0.39 is 0 Å². The predicted molar refractivity (Wildman–Crippen MR) is 202 cm³/mol. The fraction of sp³-hybridized carbons (Fsp3) is 0. The number of benzene rings is 8. The van der Waals surface area contributed by atoms with Gasteiger partial charge in [0.15, 0.2) is 5.58 Å².